The van der Waals surface area contributed by atoms with Gasteiger partial charge in [0.05, 0.1) is 68.3 Å². The van der Waals surface area contributed by atoms with Gasteiger partial charge in [0.2, 0.25) is 0 Å². The van der Waals surface area contributed by atoms with E-state index in [1.165, 1.54) is 0 Å². The van der Waals surface area contributed by atoms with Crippen LogP contribution in [0.1, 0.15) is 13.8 Å². The second-order valence-corrected chi connectivity index (χ2v) is 17.3. The van der Waals surface area contributed by atoms with Gasteiger partial charge in [-0.2, -0.15) is 0 Å². The molecule has 11 nitrogen and oxygen atoms in total. The number of aromatic nitrogens is 9. The van der Waals surface area contributed by atoms with Crippen molar-refractivity contribution in [3.8, 4) is 102 Å². The number of pyridine rings is 9. The summed E-state index contributed by atoms with van der Waals surface area (Å²) in [5.41, 5.74) is 15.4. The van der Waals surface area contributed by atoms with Gasteiger partial charge in [-0.1, -0.05) is 62.4 Å². The van der Waals surface area contributed by atoms with E-state index in [4.69, 9.17) is 34.2 Å². The first-order chi connectivity index (χ1) is 33.4. The Hall–Kier alpha value is -8.45. The van der Waals surface area contributed by atoms with Gasteiger partial charge in [0.25, 0.3) is 0 Å². The third-order valence-electron chi connectivity index (χ3n) is 11.7. The van der Waals surface area contributed by atoms with Crippen LogP contribution < -0.4 is 5.46 Å². The Kier molecular flexibility index (Phi) is 11.4. The van der Waals surface area contributed by atoms with E-state index in [1.54, 1.807) is 24.8 Å². The third-order valence-corrected chi connectivity index (χ3v) is 11.7. The molecule has 326 valence electrons. The zero-order chi connectivity index (χ0) is 45.9. The topological polar surface area (TPSA) is 134 Å². The molecule has 0 unspecified atom stereocenters. The van der Waals surface area contributed by atoms with Crippen molar-refractivity contribution in [1.29, 1.82) is 0 Å². The van der Waals surface area contributed by atoms with Gasteiger partial charge in [0.15, 0.2) is 0 Å². The van der Waals surface area contributed by atoms with E-state index in [0.29, 0.717) is 36.0 Å². The molecule has 0 amide bonds. The van der Waals surface area contributed by atoms with Gasteiger partial charge in [-0.25, -0.2) is 15.0 Å². The van der Waals surface area contributed by atoms with Crippen molar-refractivity contribution in [1.82, 2.24) is 44.9 Å². The molecule has 1 saturated heterocycles. The first-order valence-electron chi connectivity index (χ1n) is 22.4. The summed E-state index contributed by atoms with van der Waals surface area (Å²) in [7, 11) is -0.423. The average molecular weight is 884 g/mol. The van der Waals surface area contributed by atoms with Crippen LogP contribution in [0.4, 0.5) is 0 Å². The smallest absolute Gasteiger partial charge is 0.407 e. The van der Waals surface area contributed by atoms with Crippen molar-refractivity contribution in [2.45, 2.75) is 13.8 Å². The van der Waals surface area contributed by atoms with Crippen LogP contribution in [-0.2, 0) is 9.31 Å². The van der Waals surface area contributed by atoms with Crippen molar-refractivity contribution < 1.29 is 9.31 Å². The zero-order valence-corrected chi connectivity index (χ0v) is 37.3. The van der Waals surface area contributed by atoms with Crippen LogP contribution in [0, 0.1) is 5.41 Å². The molecule has 0 radical (unpaired) electrons. The van der Waals surface area contributed by atoms with Crippen molar-refractivity contribution >= 4 is 12.6 Å². The summed E-state index contributed by atoms with van der Waals surface area (Å²) >= 11 is 0. The van der Waals surface area contributed by atoms with Crippen LogP contribution in [0.5, 0.6) is 0 Å². The quantitative estimate of drug-likeness (QED) is 0.121. The standard InChI is InChI=1S/C56H42BN9O2/c1-56(2)35-67-57(68-36-56)43-17-15-37(16-18-43)40-29-54(48-27-38(19-25-62-48)41-31-50(44-11-3-7-21-58-44)64-51(32-41)45-12-4-8-22-59-45)66-55(30-40)49-28-39(20-26-63-49)42-33-52(46-13-5-9-23-60-46)65-53(34-42)47-14-6-10-24-61-47/h3-34H,35-36H2,1-2H3. The molecule has 1 fully saturated rings. The van der Waals surface area contributed by atoms with Crippen LogP contribution >= 0.6 is 0 Å². The van der Waals surface area contributed by atoms with Crippen LogP contribution in [0.2, 0.25) is 0 Å². The number of hydrogen-bond donors (Lipinski definition) is 0. The largest absolute Gasteiger partial charge is 0.493 e. The number of benzene rings is 1. The molecule has 9 aromatic heterocycles. The Bertz CT molecular complexity index is 3070. The van der Waals surface area contributed by atoms with E-state index in [-0.39, 0.29) is 5.41 Å². The van der Waals surface area contributed by atoms with Crippen molar-refractivity contribution in [2.75, 3.05) is 13.2 Å². The second kappa shape index (κ2) is 18.4. The molecule has 1 aliphatic heterocycles. The second-order valence-electron chi connectivity index (χ2n) is 17.3. The fourth-order valence-electron chi connectivity index (χ4n) is 8.15. The molecule has 1 aromatic carbocycles. The summed E-state index contributed by atoms with van der Waals surface area (Å²) < 4.78 is 12.3. The highest BCUT2D eigenvalue weighted by Crippen LogP contribution is 2.35. The molecule has 0 aliphatic carbocycles. The van der Waals surface area contributed by atoms with E-state index in [2.05, 4.69) is 107 Å². The molecule has 0 saturated carbocycles. The highest BCUT2D eigenvalue weighted by atomic mass is 16.6. The molecule has 11 rings (SSSR count). The van der Waals surface area contributed by atoms with E-state index >= 15 is 0 Å². The molecule has 10 heterocycles. The maximum atomic E-state index is 6.13. The lowest BCUT2D eigenvalue weighted by Crippen LogP contribution is -2.47. The molecule has 0 N–H and O–H groups in total. The van der Waals surface area contributed by atoms with Crippen LogP contribution in [0.15, 0.2) is 195 Å². The van der Waals surface area contributed by atoms with Crippen LogP contribution in [-0.4, -0.2) is 65.2 Å². The third kappa shape index (κ3) is 9.19. The molecule has 68 heavy (non-hydrogen) atoms. The van der Waals surface area contributed by atoms with E-state index in [9.17, 15) is 0 Å². The lowest BCUT2D eigenvalue weighted by atomic mass is 9.75. The first kappa shape index (κ1) is 42.2. The van der Waals surface area contributed by atoms with Crippen molar-refractivity contribution in [3.05, 3.63) is 195 Å². The number of rotatable bonds is 10. The molecule has 0 bridgehead atoms. The normalized spacial score (nSPS) is 13.3. The molecule has 0 spiro atoms. The predicted molar refractivity (Wildman–Crippen MR) is 267 cm³/mol. The Labute approximate surface area is 394 Å². The summed E-state index contributed by atoms with van der Waals surface area (Å²) in [6, 6.07) is 52.1. The average Bonchev–Trinajstić information content (AvgIpc) is 3.41. The van der Waals surface area contributed by atoms with Gasteiger partial charge >= 0.3 is 7.12 Å². The fourth-order valence-corrected chi connectivity index (χ4v) is 8.15. The van der Waals surface area contributed by atoms with Gasteiger partial charge in [0.1, 0.15) is 0 Å². The Morgan fingerprint density at radius 3 is 1.00 bits per heavy atom. The van der Waals surface area contributed by atoms with E-state index in [1.807, 2.05) is 97.3 Å². The molecular weight excluding hydrogens is 841 g/mol. The zero-order valence-electron chi connectivity index (χ0n) is 37.3. The Morgan fingerprint density at radius 2 is 0.647 bits per heavy atom. The fraction of sp³-hybridized carbons (Fsp3) is 0.0893. The minimum atomic E-state index is -0.423. The van der Waals surface area contributed by atoms with Crippen molar-refractivity contribution in [3.63, 3.8) is 0 Å². The van der Waals surface area contributed by atoms with Crippen LogP contribution in [0.3, 0.4) is 0 Å². The summed E-state index contributed by atoms with van der Waals surface area (Å²) in [5.74, 6) is 0. The first-order valence-corrected chi connectivity index (χ1v) is 22.4. The van der Waals surface area contributed by atoms with Gasteiger partial charge in [0, 0.05) is 55.8 Å². The maximum absolute atomic E-state index is 6.13. The Morgan fingerprint density at radius 1 is 0.324 bits per heavy atom. The molecule has 0 atom stereocenters. The van der Waals surface area contributed by atoms with E-state index in [0.717, 1.165) is 84.4 Å². The minimum absolute atomic E-state index is 0.0304. The molecule has 1 aliphatic rings. The predicted octanol–water partition coefficient (Wildman–Crippen LogP) is 11.0. The van der Waals surface area contributed by atoms with Gasteiger partial charge in [-0.05, 0) is 148 Å². The summed E-state index contributed by atoms with van der Waals surface area (Å²) in [4.78, 5) is 43.6. The summed E-state index contributed by atoms with van der Waals surface area (Å²) in [5, 5.41) is 0. The van der Waals surface area contributed by atoms with Gasteiger partial charge < -0.3 is 9.31 Å². The Balaban J connectivity index is 1.02. The summed E-state index contributed by atoms with van der Waals surface area (Å²) in [6.45, 7) is 5.53. The highest BCUT2D eigenvalue weighted by Gasteiger charge is 2.33. The lowest BCUT2D eigenvalue weighted by Gasteiger charge is -2.33. The number of nitrogens with zero attached hydrogens (tertiary/aromatic N) is 9. The molecule has 12 heteroatoms. The molecular formula is C56H42BN9O2. The SMILES string of the molecule is CC1(C)COB(c2ccc(-c3cc(-c4cc(-c5cc(-c6ccccn6)nc(-c6ccccn6)c5)ccn4)nc(-c4cc(-c5cc(-c6ccccn6)nc(-c6ccccn6)c5)ccn4)c3)cc2)OC1. The highest BCUT2D eigenvalue weighted by molar-refractivity contribution is 6.61. The van der Waals surface area contributed by atoms with Gasteiger partial charge in [-0.3, -0.25) is 29.9 Å². The van der Waals surface area contributed by atoms with E-state index < -0.39 is 7.12 Å². The maximum Gasteiger partial charge on any atom is 0.493 e. The monoisotopic (exact) mass is 883 g/mol. The number of hydrogen-bond acceptors (Lipinski definition) is 11. The summed E-state index contributed by atoms with van der Waals surface area (Å²) in [6.07, 6.45) is 10.7. The lowest BCUT2D eigenvalue weighted by molar-refractivity contribution is 0.0343. The molecule has 10 aromatic rings. The van der Waals surface area contributed by atoms with Gasteiger partial charge in [-0.15, -0.1) is 0 Å². The minimum Gasteiger partial charge on any atom is -0.407 e. The van der Waals surface area contributed by atoms with Crippen LogP contribution in [0.25, 0.3) is 102 Å². The van der Waals surface area contributed by atoms with Crippen molar-refractivity contribution in [2.24, 2.45) is 5.41 Å².